The maximum absolute atomic E-state index is 11.8. The van der Waals surface area contributed by atoms with Crippen LogP contribution in [0.1, 0.15) is 25.8 Å². The van der Waals surface area contributed by atoms with E-state index in [0.717, 1.165) is 5.56 Å². The summed E-state index contributed by atoms with van der Waals surface area (Å²) in [6, 6.07) is 8.03. The number of carboxylic acids is 1. The molecule has 1 aromatic carbocycles. The molecule has 0 aliphatic carbocycles. The molecule has 0 aliphatic heterocycles. The summed E-state index contributed by atoms with van der Waals surface area (Å²) < 4.78 is 4.95. The van der Waals surface area contributed by atoms with Gasteiger partial charge in [0.15, 0.2) is 0 Å². The number of carbonyl (C=O) groups is 4. The molecule has 0 spiro atoms. The van der Waals surface area contributed by atoms with Crippen LogP contribution >= 0.6 is 0 Å². The zero-order chi connectivity index (χ0) is 20.2. The summed E-state index contributed by atoms with van der Waals surface area (Å²) in [5.41, 5.74) is 0.808. The average molecular weight is 379 g/mol. The summed E-state index contributed by atoms with van der Waals surface area (Å²) in [6.07, 6.45) is -0.181. The van der Waals surface area contributed by atoms with Crippen molar-refractivity contribution in [3.05, 3.63) is 35.9 Å². The number of carboxylic acid groups (broad SMARTS) is 1. The first-order valence-electron chi connectivity index (χ1n) is 8.56. The van der Waals surface area contributed by atoms with Crippen LogP contribution in [0.5, 0.6) is 0 Å². The van der Waals surface area contributed by atoms with Gasteiger partial charge in [-0.3, -0.25) is 9.59 Å². The number of aliphatic carboxylic acids is 1. The van der Waals surface area contributed by atoms with Crippen molar-refractivity contribution in [1.29, 1.82) is 0 Å². The number of alkyl carbamates (subject to hydrolysis) is 1. The second kappa shape index (κ2) is 11.5. The summed E-state index contributed by atoms with van der Waals surface area (Å²) in [7, 11) is 0. The smallest absolute Gasteiger partial charge is 0.407 e. The Balaban J connectivity index is 2.26. The van der Waals surface area contributed by atoms with Crippen molar-refractivity contribution in [2.75, 3.05) is 13.1 Å². The van der Waals surface area contributed by atoms with Gasteiger partial charge in [-0.05, 0) is 11.5 Å². The third-order valence-electron chi connectivity index (χ3n) is 3.85. The van der Waals surface area contributed by atoms with Crippen molar-refractivity contribution in [2.24, 2.45) is 5.92 Å². The van der Waals surface area contributed by atoms with Crippen molar-refractivity contribution >= 4 is 23.9 Å². The average Bonchev–Trinajstić information content (AvgIpc) is 2.67. The third kappa shape index (κ3) is 8.70. The molecule has 0 bridgehead atoms. The minimum absolute atomic E-state index is 0.0723. The van der Waals surface area contributed by atoms with Crippen LogP contribution in [-0.4, -0.2) is 48.1 Å². The Hall–Kier alpha value is -3.10. The predicted molar refractivity (Wildman–Crippen MR) is 96.7 cm³/mol. The molecule has 3 amide bonds. The van der Waals surface area contributed by atoms with Gasteiger partial charge in [-0.25, -0.2) is 9.59 Å². The highest BCUT2D eigenvalue weighted by Crippen LogP contribution is 2.07. The maximum atomic E-state index is 11.8. The van der Waals surface area contributed by atoms with Crippen molar-refractivity contribution in [3.63, 3.8) is 0 Å². The van der Waals surface area contributed by atoms with E-state index in [-0.39, 0.29) is 25.6 Å². The van der Waals surface area contributed by atoms with E-state index >= 15 is 0 Å². The predicted octanol–water partition coefficient (Wildman–Crippen LogP) is 0.645. The molecule has 9 heteroatoms. The molecule has 0 fully saturated rings. The number of hydrogen-bond acceptors (Lipinski definition) is 5. The number of nitrogens with one attached hydrogen (secondary N) is 3. The second-order valence-corrected chi connectivity index (χ2v) is 5.96. The van der Waals surface area contributed by atoms with Crippen LogP contribution in [-0.2, 0) is 25.7 Å². The SMILES string of the molecule is CCC(C)[C@@H](NC(=O)CNC(=O)CNC(=O)OCc1ccccc1)C(=O)O. The largest absolute Gasteiger partial charge is 0.480 e. The van der Waals surface area contributed by atoms with Crippen LogP contribution < -0.4 is 16.0 Å². The van der Waals surface area contributed by atoms with Crippen molar-refractivity contribution < 1.29 is 29.0 Å². The minimum atomic E-state index is -1.13. The molecule has 0 saturated heterocycles. The van der Waals surface area contributed by atoms with Crippen molar-refractivity contribution in [2.45, 2.75) is 32.9 Å². The molecule has 0 aromatic heterocycles. The van der Waals surface area contributed by atoms with Crippen LogP contribution in [0.3, 0.4) is 0 Å². The zero-order valence-electron chi connectivity index (χ0n) is 15.4. The van der Waals surface area contributed by atoms with Gasteiger partial charge in [0.1, 0.15) is 19.2 Å². The third-order valence-corrected chi connectivity index (χ3v) is 3.85. The molecule has 0 radical (unpaired) electrons. The lowest BCUT2D eigenvalue weighted by Crippen LogP contribution is -2.49. The van der Waals surface area contributed by atoms with Gasteiger partial charge in [0.05, 0.1) is 6.54 Å². The van der Waals surface area contributed by atoms with E-state index < -0.39 is 29.9 Å². The van der Waals surface area contributed by atoms with E-state index in [2.05, 4.69) is 16.0 Å². The highest BCUT2D eigenvalue weighted by molar-refractivity contribution is 5.89. The fourth-order valence-corrected chi connectivity index (χ4v) is 2.08. The van der Waals surface area contributed by atoms with Crippen LogP contribution in [0.15, 0.2) is 30.3 Å². The zero-order valence-corrected chi connectivity index (χ0v) is 15.4. The van der Waals surface area contributed by atoms with E-state index in [1.165, 1.54) is 0 Å². The summed E-state index contributed by atoms with van der Waals surface area (Å²) in [5, 5.41) is 16.0. The van der Waals surface area contributed by atoms with E-state index in [4.69, 9.17) is 9.84 Å². The first-order chi connectivity index (χ1) is 12.8. The number of carbonyl (C=O) groups excluding carboxylic acids is 3. The van der Waals surface area contributed by atoms with E-state index in [9.17, 15) is 19.2 Å². The standard InChI is InChI=1S/C18H25N3O6/c1-3-12(2)16(17(24)25)21-15(23)10-19-14(22)9-20-18(26)27-11-13-7-5-4-6-8-13/h4-8,12,16H,3,9-11H2,1-2H3,(H,19,22)(H,20,26)(H,21,23)(H,24,25)/t12?,16-/m1/s1. The molecule has 0 aliphatic rings. The quantitative estimate of drug-likeness (QED) is 0.471. The minimum Gasteiger partial charge on any atom is -0.480 e. The second-order valence-electron chi connectivity index (χ2n) is 5.96. The molecule has 1 unspecified atom stereocenters. The van der Waals surface area contributed by atoms with E-state index in [0.29, 0.717) is 6.42 Å². The molecular weight excluding hydrogens is 354 g/mol. The lowest BCUT2D eigenvalue weighted by Gasteiger charge is -2.20. The summed E-state index contributed by atoms with van der Waals surface area (Å²) in [6.45, 7) is 2.84. The molecule has 0 saturated carbocycles. The molecule has 2 atom stereocenters. The molecular formula is C18H25N3O6. The van der Waals surface area contributed by atoms with Gasteiger partial charge in [-0.1, -0.05) is 50.6 Å². The Morgan fingerprint density at radius 3 is 2.26 bits per heavy atom. The van der Waals surface area contributed by atoms with Crippen LogP contribution in [0.25, 0.3) is 0 Å². The highest BCUT2D eigenvalue weighted by atomic mass is 16.5. The maximum Gasteiger partial charge on any atom is 0.407 e. The van der Waals surface area contributed by atoms with Gasteiger partial charge in [0, 0.05) is 0 Å². The van der Waals surface area contributed by atoms with Gasteiger partial charge in [0.25, 0.3) is 0 Å². The molecule has 148 valence electrons. The van der Waals surface area contributed by atoms with Crippen LogP contribution in [0.2, 0.25) is 0 Å². The molecule has 4 N–H and O–H groups in total. The van der Waals surface area contributed by atoms with Gasteiger partial charge in [-0.15, -0.1) is 0 Å². The molecule has 1 aromatic rings. The topological polar surface area (TPSA) is 134 Å². The molecule has 1 rings (SSSR count). The van der Waals surface area contributed by atoms with Gasteiger partial charge < -0.3 is 25.8 Å². The summed E-state index contributed by atoms with van der Waals surface area (Å²) in [4.78, 5) is 46.1. The van der Waals surface area contributed by atoms with Gasteiger partial charge in [-0.2, -0.15) is 0 Å². The summed E-state index contributed by atoms with van der Waals surface area (Å²) in [5.74, 6) is -2.60. The van der Waals surface area contributed by atoms with Gasteiger partial charge >= 0.3 is 12.1 Å². The Kier molecular flexibility index (Phi) is 9.35. The first kappa shape index (κ1) is 21.9. The Morgan fingerprint density at radius 1 is 1.04 bits per heavy atom. The number of hydrogen-bond donors (Lipinski definition) is 4. The number of rotatable bonds is 10. The highest BCUT2D eigenvalue weighted by Gasteiger charge is 2.25. The monoisotopic (exact) mass is 379 g/mol. The summed E-state index contributed by atoms with van der Waals surface area (Å²) >= 11 is 0. The fourth-order valence-electron chi connectivity index (χ4n) is 2.08. The molecule has 9 nitrogen and oxygen atoms in total. The molecule has 0 heterocycles. The van der Waals surface area contributed by atoms with E-state index in [1.807, 2.05) is 25.1 Å². The lowest BCUT2D eigenvalue weighted by atomic mass is 9.99. The Morgan fingerprint density at radius 2 is 1.67 bits per heavy atom. The van der Waals surface area contributed by atoms with Gasteiger partial charge in [0.2, 0.25) is 11.8 Å². The Bertz CT molecular complexity index is 650. The normalized spacial score (nSPS) is 12.4. The Labute approximate surface area is 157 Å². The number of benzene rings is 1. The fraction of sp³-hybridized carbons (Fsp3) is 0.444. The number of ether oxygens (including phenoxy) is 1. The lowest BCUT2D eigenvalue weighted by molar-refractivity contribution is -0.143. The van der Waals surface area contributed by atoms with Crippen LogP contribution in [0.4, 0.5) is 4.79 Å². The van der Waals surface area contributed by atoms with Crippen molar-refractivity contribution in [3.8, 4) is 0 Å². The first-order valence-corrected chi connectivity index (χ1v) is 8.56. The number of amides is 3. The van der Waals surface area contributed by atoms with Crippen LogP contribution in [0, 0.1) is 5.92 Å². The van der Waals surface area contributed by atoms with E-state index in [1.54, 1.807) is 19.1 Å². The molecule has 27 heavy (non-hydrogen) atoms. The van der Waals surface area contributed by atoms with Crippen molar-refractivity contribution in [1.82, 2.24) is 16.0 Å².